The van der Waals surface area contributed by atoms with Crippen molar-refractivity contribution < 1.29 is 9.53 Å². The van der Waals surface area contributed by atoms with E-state index in [0.717, 1.165) is 43.1 Å². The van der Waals surface area contributed by atoms with Gasteiger partial charge in [0.1, 0.15) is 0 Å². The molecule has 0 saturated heterocycles. The number of hydrogen-bond donors (Lipinski definition) is 0. The smallest absolute Gasteiger partial charge is 0.294 e. The van der Waals surface area contributed by atoms with Gasteiger partial charge in [0.2, 0.25) is 0 Å². The molecule has 0 atom stereocenters. The lowest BCUT2D eigenvalue weighted by molar-refractivity contribution is -0.117. The molecule has 3 rings (SSSR count). The molecular formula is C22H26N2O2. The van der Waals surface area contributed by atoms with Gasteiger partial charge in [-0.05, 0) is 49.8 Å². The summed E-state index contributed by atoms with van der Waals surface area (Å²) < 4.78 is 5.91. The lowest BCUT2D eigenvalue weighted by Gasteiger charge is -2.31. The van der Waals surface area contributed by atoms with Gasteiger partial charge < -0.3 is 14.5 Å². The number of carbonyl (C=O) groups is 1. The number of fused-ring (bicyclic) bond motifs is 1. The fourth-order valence-electron chi connectivity index (χ4n) is 3.18. The SMILES string of the molecule is CCN(CC)CCCN1C(=O)/C(=C/c2ccccc2)Oc2ccccc21. The summed E-state index contributed by atoms with van der Waals surface area (Å²) in [5.74, 6) is 1.03. The average molecular weight is 350 g/mol. The number of hydrogen-bond acceptors (Lipinski definition) is 3. The molecule has 0 fully saturated rings. The Hall–Kier alpha value is -2.59. The number of para-hydroxylation sites is 2. The van der Waals surface area contributed by atoms with Gasteiger partial charge in [-0.25, -0.2) is 0 Å². The summed E-state index contributed by atoms with van der Waals surface area (Å²) in [7, 11) is 0. The van der Waals surface area contributed by atoms with Crippen LogP contribution in [0.3, 0.4) is 0 Å². The van der Waals surface area contributed by atoms with Gasteiger partial charge in [0.05, 0.1) is 5.69 Å². The van der Waals surface area contributed by atoms with Crippen LogP contribution in [0.5, 0.6) is 5.75 Å². The Morgan fingerprint density at radius 3 is 2.42 bits per heavy atom. The van der Waals surface area contributed by atoms with Crippen LogP contribution in [-0.2, 0) is 4.79 Å². The van der Waals surface area contributed by atoms with Crippen LogP contribution in [0.4, 0.5) is 5.69 Å². The zero-order valence-corrected chi connectivity index (χ0v) is 15.5. The zero-order valence-electron chi connectivity index (χ0n) is 15.5. The lowest BCUT2D eigenvalue weighted by Crippen LogP contribution is -2.39. The molecule has 26 heavy (non-hydrogen) atoms. The standard InChI is InChI=1S/C22H26N2O2/c1-3-23(4-2)15-10-16-24-19-13-8-9-14-20(19)26-21(22(24)25)17-18-11-6-5-7-12-18/h5-9,11-14,17H,3-4,10,15-16H2,1-2H3/b21-17-. The number of carbonyl (C=O) groups excluding carboxylic acids is 1. The highest BCUT2D eigenvalue weighted by Crippen LogP contribution is 2.35. The summed E-state index contributed by atoms with van der Waals surface area (Å²) in [5.41, 5.74) is 1.81. The summed E-state index contributed by atoms with van der Waals surface area (Å²) in [4.78, 5) is 17.2. The molecule has 0 spiro atoms. The molecule has 136 valence electrons. The van der Waals surface area contributed by atoms with Crippen molar-refractivity contribution in [3.63, 3.8) is 0 Å². The van der Waals surface area contributed by atoms with E-state index in [4.69, 9.17) is 4.74 Å². The van der Waals surface area contributed by atoms with E-state index in [1.165, 1.54) is 0 Å². The Kier molecular flexibility index (Phi) is 6.08. The van der Waals surface area contributed by atoms with Crippen LogP contribution >= 0.6 is 0 Å². The number of nitrogens with zero attached hydrogens (tertiary/aromatic N) is 2. The number of rotatable bonds is 7. The van der Waals surface area contributed by atoms with Gasteiger partial charge in [-0.15, -0.1) is 0 Å². The third-order valence-electron chi connectivity index (χ3n) is 4.68. The lowest BCUT2D eigenvalue weighted by atomic mass is 10.1. The van der Waals surface area contributed by atoms with Crippen molar-refractivity contribution in [1.82, 2.24) is 4.90 Å². The van der Waals surface area contributed by atoms with Gasteiger partial charge in [-0.1, -0.05) is 56.3 Å². The fraction of sp³-hybridized carbons (Fsp3) is 0.318. The van der Waals surface area contributed by atoms with E-state index in [1.54, 1.807) is 0 Å². The van der Waals surface area contributed by atoms with E-state index in [2.05, 4.69) is 18.7 Å². The number of anilines is 1. The highest BCUT2D eigenvalue weighted by Gasteiger charge is 2.29. The second-order valence-corrected chi connectivity index (χ2v) is 6.33. The van der Waals surface area contributed by atoms with Crippen LogP contribution in [0, 0.1) is 0 Å². The van der Waals surface area contributed by atoms with E-state index >= 15 is 0 Å². The molecule has 0 saturated carbocycles. The maximum Gasteiger partial charge on any atom is 0.294 e. The van der Waals surface area contributed by atoms with Crippen molar-refractivity contribution in [2.45, 2.75) is 20.3 Å². The third-order valence-corrected chi connectivity index (χ3v) is 4.68. The highest BCUT2D eigenvalue weighted by molar-refractivity contribution is 6.09. The fourth-order valence-corrected chi connectivity index (χ4v) is 3.18. The van der Waals surface area contributed by atoms with Crippen molar-refractivity contribution in [3.05, 3.63) is 65.9 Å². The van der Waals surface area contributed by atoms with Crippen molar-refractivity contribution >= 4 is 17.7 Å². The molecule has 0 bridgehead atoms. The van der Waals surface area contributed by atoms with Crippen molar-refractivity contribution in [2.24, 2.45) is 0 Å². The summed E-state index contributed by atoms with van der Waals surface area (Å²) in [6.45, 7) is 8.06. The Morgan fingerprint density at radius 2 is 1.69 bits per heavy atom. The normalized spacial score (nSPS) is 15.3. The van der Waals surface area contributed by atoms with Crippen molar-refractivity contribution in [3.8, 4) is 5.75 Å². The van der Waals surface area contributed by atoms with Crippen LogP contribution < -0.4 is 9.64 Å². The molecule has 2 aromatic carbocycles. The minimum absolute atomic E-state index is 0.0768. The predicted molar refractivity (Wildman–Crippen MR) is 106 cm³/mol. The molecule has 1 aliphatic heterocycles. The second kappa shape index (κ2) is 8.68. The number of ether oxygens (including phenoxy) is 1. The minimum atomic E-state index is -0.0768. The molecule has 0 N–H and O–H groups in total. The molecular weight excluding hydrogens is 324 g/mol. The Labute approximate surface area is 155 Å². The Morgan fingerprint density at radius 1 is 1.00 bits per heavy atom. The second-order valence-electron chi connectivity index (χ2n) is 6.33. The largest absolute Gasteiger partial charge is 0.449 e. The quantitative estimate of drug-likeness (QED) is 0.702. The summed E-state index contributed by atoms with van der Waals surface area (Å²) in [6, 6.07) is 17.5. The summed E-state index contributed by atoms with van der Waals surface area (Å²) >= 11 is 0. The van der Waals surface area contributed by atoms with Crippen molar-refractivity contribution in [1.29, 1.82) is 0 Å². The molecule has 4 heteroatoms. The first-order chi connectivity index (χ1) is 12.7. The van der Waals surface area contributed by atoms with Crippen LogP contribution in [0.15, 0.2) is 60.4 Å². The first-order valence-electron chi connectivity index (χ1n) is 9.30. The number of amides is 1. The highest BCUT2D eigenvalue weighted by atomic mass is 16.5. The molecule has 1 aliphatic rings. The summed E-state index contributed by atoms with van der Waals surface area (Å²) in [6.07, 6.45) is 2.75. The van der Waals surface area contributed by atoms with E-state index in [9.17, 15) is 4.79 Å². The zero-order chi connectivity index (χ0) is 18.4. The molecule has 0 aliphatic carbocycles. The van der Waals surface area contributed by atoms with Crippen LogP contribution in [0.1, 0.15) is 25.8 Å². The first-order valence-corrected chi connectivity index (χ1v) is 9.30. The van der Waals surface area contributed by atoms with E-state index in [0.29, 0.717) is 12.3 Å². The van der Waals surface area contributed by atoms with Gasteiger partial charge in [-0.2, -0.15) is 0 Å². The van der Waals surface area contributed by atoms with Crippen LogP contribution in [-0.4, -0.2) is 37.0 Å². The summed E-state index contributed by atoms with van der Waals surface area (Å²) in [5, 5.41) is 0. The predicted octanol–water partition coefficient (Wildman–Crippen LogP) is 4.19. The van der Waals surface area contributed by atoms with Crippen LogP contribution in [0.25, 0.3) is 6.08 Å². The Balaban J connectivity index is 1.82. The third kappa shape index (κ3) is 4.14. The maximum absolute atomic E-state index is 13.0. The van der Waals surface area contributed by atoms with Gasteiger partial charge in [0, 0.05) is 6.54 Å². The molecule has 1 amide bonds. The van der Waals surface area contributed by atoms with E-state index < -0.39 is 0 Å². The van der Waals surface area contributed by atoms with Gasteiger partial charge >= 0.3 is 0 Å². The molecule has 0 aromatic heterocycles. The van der Waals surface area contributed by atoms with Gasteiger partial charge in [0.15, 0.2) is 11.5 Å². The average Bonchev–Trinajstić information content (AvgIpc) is 2.68. The molecule has 4 nitrogen and oxygen atoms in total. The number of benzene rings is 2. The van der Waals surface area contributed by atoms with Crippen LogP contribution in [0.2, 0.25) is 0 Å². The van der Waals surface area contributed by atoms with Gasteiger partial charge in [-0.3, -0.25) is 4.79 Å². The van der Waals surface area contributed by atoms with E-state index in [1.807, 2.05) is 65.6 Å². The van der Waals surface area contributed by atoms with E-state index in [-0.39, 0.29) is 5.91 Å². The maximum atomic E-state index is 13.0. The Bertz CT molecular complexity index is 767. The molecule has 1 heterocycles. The van der Waals surface area contributed by atoms with Crippen molar-refractivity contribution in [2.75, 3.05) is 31.1 Å². The molecule has 0 unspecified atom stereocenters. The first kappa shape index (κ1) is 18.2. The topological polar surface area (TPSA) is 32.8 Å². The van der Waals surface area contributed by atoms with Gasteiger partial charge in [0.25, 0.3) is 5.91 Å². The minimum Gasteiger partial charge on any atom is -0.449 e. The molecule has 2 aromatic rings. The monoisotopic (exact) mass is 350 g/mol. The molecule has 0 radical (unpaired) electrons.